The molecule has 124 valence electrons. The van der Waals surface area contributed by atoms with Gasteiger partial charge in [-0.05, 0) is 37.0 Å². The molecule has 0 bridgehead atoms. The first-order chi connectivity index (χ1) is 11.5. The van der Waals surface area contributed by atoms with Crippen molar-refractivity contribution in [2.45, 2.75) is 39.0 Å². The zero-order chi connectivity index (χ0) is 17.6. The number of nitrogens with one attached hydrogen (secondary N) is 1. The fourth-order valence-corrected chi connectivity index (χ4v) is 2.92. The molecule has 1 N–H and O–H groups in total. The van der Waals surface area contributed by atoms with Crippen molar-refractivity contribution in [1.82, 2.24) is 0 Å². The van der Waals surface area contributed by atoms with Gasteiger partial charge in [-0.3, -0.25) is 4.79 Å². The average molecular weight is 320 g/mol. The molecule has 0 saturated heterocycles. The van der Waals surface area contributed by atoms with Crippen molar-refractivity contribution in [3.63, 3.8) is 0 Å². The maximum Gasteiger partial charge on any atom is 0.224 e. The molecule has 0 radical (unpaired) electrons. The zero-order valence-corrected chi connectivity index (χ0v) is 14.5. The van der Waals surface area contributed by atoms with E-state index in [-0.39, 0.29) is 11.8 Å². The third kappa shape index (κ3) is 4.02. The third-order valence-electron chi connectivity index (χ3n) is 4.56. The summed E-state index contributed by atoms with van der Waals surface area (Å²) < 4.78 is 0. The molecular formula is C21H24N2O. The lowest BCUT2D eigenvalue weighted by Crippen LogP contribution is -2.32. The molecule has 0 aliphatic rings. The maximum atomic E-state index is 12.3. The fraction of sp³-hybridized carbons (Fsp3) is 0.333. The monoisotopic (exact) mass is 320 g/mol. The number of amides is 1. The van der Waals surface area contributed by atoms with Gasteiger partial charge in [0.25, 0.3) is 0 Å². The number of nitrogens with zero attached hydrogens (tertiary/aromatic N) is 1. The van der Waals surface area contributed by atoms with Crippen molar-refractivity contribution in [2.24, 2.45) is 5.92 Å². The van der Waals surface area contributed by atoms with E-state index in [1.807, 2.05) is 75.4 Å². The van der Waals surface area contributed by atoms with E-state index in [9.17, 15) is 10.1 Å². The summed E-state index contributed by atoms with van der Waals surface area (Å²) in [7, 11) is 0. The van der Waals surface area contributed by atoms with Crippen LogP contribution in [0.4, 0.5) is 5.69 Å². The summed E-state index contributed by atoms with van der Waals surface area (Å²) in [5, 5.41) is 12.8. The summed E-state index contributed by atoms with van der Waals surface area (Å²) in [6.07, 6.45) is 0.817. The van der Waals surface area contributed by atoms with E-state index in [1.54, 1.807) is 0 Å². The van der Waals surface area contributed by atoms with Crippen LogP contribution in [0, 0.1) is 24.2 Å². The first kappa shape index (κ1) is 17.7. The van der Waals surface area contributed by atoms with Gasteiger partial charge in [0.2, 0.25) is 5.91 Å². The Morgan fingerprint density at radius 3 is 2.29 bits per heavy atom. The minimum atomic E-state index is -0.647. The van der Waals surface area contributed by atoms with Crippen LogP contribution in [-0.2, 0) is 10.2 Å². The second-order valence-corrected chi connectivity index (χ2v) is 6.52. The number of aryl methyl sites for hydroxylation is 1. The Balaban J connectivity index is 2.09. The first-order valence-electron chi connectivity index (χ1n) is 8.31. The van der Waals surface area contributed by atoms with E-state index in [1.165, 1.54) is 0 Å². The summed E-state index contributed by atoms with van der Waals surface area (Å²) in [4.78, 5) is 12.3. The highest BCUT2D eigenvalue weighted by molar-refractivity contribution is 5.90. The molecule has 0 fully saturated rings. The lowest BCUT2D eigenvalue weighted by molar-refractivity contribution is -0.116. The van der Waals surface area contributed by atoms with Gasteiger partial charge in [-0.25, -0.2) is 0 Å². The number of nitriles is 1. The second-order valence-electron chi connectivity index (χ2n) is 6.52. The molecule has 24 heavy (non-hydrogen) atoms. The van der Waals surface area contributed by atoms with E-state index in [2.05, 4.69) is 11.4 Å². The Morgan fingerprint density at radius 2 is 1.75 bits per heavy atom. The zero-order valence-electron chi connectivity index (χ0n) is 14.5. The summed E-state index contributed by atoms with van der Waals surface area (Å²) in [6.45, 7) is 6.08. The predicted octanol–water partition coefficient (Wildman–Crippen LogP) is 4.83. The number of carbonyl (C=O) groups is 1. The van der Waals surface area contributed by atoms with Gasteiger partial charge in [0.15, 0.2) is 0 Å². The molecule has 2 rings (SSSR count). The molecule has 0 unspecified atom stereocenters. The minimum Gasteiger partial charge on any atom is -0.326 e. The lowest BCUT2D eigenvalue weighted by Gasteiger charge is -2.31. The Kier molecular flexibility index (Phi) is 5.76. The SMILES string of the molecule is Cc1ccc(NC(=O)CC[C@](C#N)(c2ccccc2)C(C)C)cc1. The van der Waals surface area contributed by atoms with Gasteiger partial charge >= 0.3 is 0 Å². The Bertz CT molecular complexity index is 714. The van der Waals surface area contributed by atoms with Gasteiger partial charge in [-0.1, -0.05) is 61.9 Å². The van der Waals surface area contributed by atoms with Crippen molar-refractivity contribution < 1.29 is 4.79 Å². The second kappa shape index (κ2) is 7.79. The number of benzene rings is 2. The molecule has 0 heterocycles. The molecule has 0 spiro atoms. The molecule has 0 aliphatic heterocycles. The van der Waals surface area contributed by atoms with Crippen LogP contribution in [0.2, 0.25) is 0 Å². The fourth-order valence-electron chi connectivity index (χ4n) is 2.92. The van der Waals surface area contributed by atoms with Gasteiger partial charge in [0.1, 0.15) is 0 Å². The number of carbonyl (C=O) groups excluding carboxylic acids is 1. The van der Waals surface area contributed by atoms with E-state index in [0.29, 0.717) is 12.8 Å². The van der Waals surface area contributed by atoms with Crippen LogP contribution in [0.5, 0.6) is 0 Å². The van der Waals surface area contributed by atoms with Crippen LogP contribution in [-0.4, -0.2) is 5.91 Å². The number of rotatable bonds is 6. The quantitative estimate of drug-likeness (QED) is 0.828. The maximum absolute atomic E-state index is 12.3. The minimum absolute atomic E-state index is 0.0601. The molecule has 0 aliphatic carbocycles. The molecule has 2 aromatic carbocycles. The van der Waals surface area contributed by atoms with E-state index in [0.717, 1.165) is 16.8 Å². The molecule has 1 atom stereocenters. The van der Waals surface area contributed by atoms with Crippen molar-refractivity contribution in [3.05, 3.63) is 65.7 Å². The van der Waals surface area contributed by atoms with Crippen molar-refractivity contribution in [2.75, 3.05) is 5.32 Å². The van der Waals surface area contributed by atoms with Gasteiger partial charge < -0.3 is 5.32 Å². The molecule has 1 amide bonds. The predicted molar refractivity (Wildman–Crippen MR) is 97.6 cm³/mol. The topological polar surface area (TPSA) is 52.9 Å². The van der Waals surface area contributed by atoms with Crippen molar-refractivity contribution in [1.29, 1.82) is 5.26 Å². The van der Waals surface area contributed by atoms with E-state index in [4.69, 9.17) is 0 Å². The van der Waals surface area contributed by atoms with Crippen molar-refractivity contribution in [3.8, 4) is 6.07 Å². The summed E-state index contributed by atoms with van der Waals surface area (Å²) >= 11 is 0. The highest BCUT2D eigenvalue weighted by atomic mass is 16.1. The van der Waals surface area contributed by atoms with Gasteiger partial charge in [0.05, 0.1) is 11.5 Å². The number of hydrogen-bond acceptors (Lipinski definition) is 2. The molecule has 3 heteroatoms. The molecule has 3 nitrogen and oxygen atoms in total. The normalized spacial score (nSPS) is 13.1. The van der Waals surface area contributed by atoms with E-state index >= 15 is 0 Å². The summed E-state index contributed by atoms with van der Waals surface area (Å²) in [6, 6.07) is 20.0. The summed E-state index contributed by atoms with van der Waals surface area (Å²) in [5.74, 6) is 0.0622. The molecule has 0 aromatic heterocycles. The van der Waals surface area contributed by atoms with Crippen LogP contribution >= 0.6 is 0 Å². The molecular weight excluding hydrogens is 296 g/mol. The smallest absolute Gasteiger partial charge is 0.224 e. The Labute approximate surface area is 144 Å². The van der Waals surface area contributed by atoms with Gasteiger partial charge in [-0.2, -0.15) is 5.26 Å². The molecule has 0 saturated carbocycles. The van der Waals surface area contributed by atoms with E-state index < -0.39 is 5.41 Å². The Hall–Kier alpha value is -2.60. The largest absolute Gasteiger partial charge is 0.326 e. The van der Waals surface area contributed by atoms with Gasteiger partial charge in [-0.15, -0.1) is 0 Å². The van der Waals surface area contributed by atoms with Crippen LogP contribution in [0.1, 0.15) is 37.8 Å². The van der Waals surface area contributed by atoms with Crippen LogP contribution in [0.25, 0.3) is 0 Å². The highest BCUT2D eigenvalue weighted by Gasteiger charge is 2.36. The highest BCUT2D eigenvalue weighted by Crippen LogP contribution is 2.36. The Morgan fingerprint density at radius 1 is 1.12 bits per heavy atom. The summed E-state index contributed by atoms with van der Waals surface area (Å²) in [5.41, 5.74) is 2.27. The lowest BCUT2D eigenvalue weighted by atomic mass is 9.70. The standard InChI is InChI=1S/C21H24N2O/c1-16(2)21(15-22,18-7-5-4-6-8-18)14-13-20(24)23-19-11-9-17(3)10-12-19/h4-12,16H,13-14H2,1-3H3,(H,23,24)/t21-/m1/s1. The van der Waals surface area contributed by atoms with Crippen LogP contribution in [0.15, 0.2) is 54.6 Å². The van der Waals surface area contributed by atoms with Gasteiger partial charge in [0, 0.05) is 12.1 Å². The van der Waals surface area contributed by atoms with Crippen LogP contribution in [0.3, 0.4) is 0 Å². The number of anilines is 1. The average Bonchev–Trinajstić information content (AvgIpc) is 2.58. The molecule has 2 aromatic rings. The number of hydrogen-bond donors (Lipinski definition) is 1. The first-order valence-corrected chi connectivity index (χ1v) is 8.31. The van der Waals surface area contributed by atoms with Crippen molar-refractivity contribution >= 4 is 11.6 Å². The third-order valence-corrected chi connectivity index (χ3v) is 4.56. The van der Waals surface area contributed by atoms with Crippen LogP contribution < -0.4 is 5.32 Å².